The van der Waals surface area contributed by atoms with Gasteiger partial charge >= 0.3 is 0 Å². The van der Waals surface area contributed by atoms with Crippen molar-refractivity contribution in [1.29, 1.82) is 0 Å². The van der Waals surface area contributed by atoms with Gasteiger partial charge in [-0.15, -0.1) is 11.8 Å². The van der Waals surface area contributed by atoms with Crippen molar-refractivity contribution in [3.8, 4) is 11.1 Å². The molecule has 46 heavy (non-hydrogen) atoms. The van der Waals surface area contributed by atoms with Crippen LogP contribution in [0.15, 0.2) is 126 Å². The zero-order chi connectivity index (χ0) is 31.5. The molecule has 2 amide bonds. The van der Waals surface area contributed by atoms with E-state index >= 15 is 0 Å². The number of aliphatic hydroxyl groups is 1. The zero-order valence-electron chi connectivity index (χ0n) is 25.0. The molecule has 230 valence electrons. The first-order valence-corrected chi connectivity index (χ1v) is 16.2. The number of amides is 2. The second-order valence-electron chi connectivity index (χ2n) is 11.4. The fraction of sp³-hybridized carbons (Fsp3) is 0.184. The Kier molecular flexibility index (Phi) is 8.76. The van der Waals surface area contributed by atoms with Crippen molar-refractivity contribution in [3.63, 3.8) is 0 Å². The third-order valence-corrected chi connectivity index (χ3v) is 9.46. The SMILES string of the molecule is O=C1c2ccccc2C(=O)N1Cc1ccccc1-c1ccc(C2OC(CSc3ccccn3)CC(c3ccc(CO)cc3)O2)cc1. The van der Waals surface area contributed by atoms with Crippen LogP contribution in [0, 0.1) is 0 Å². The first-order chi connectivity index (χ1) is 22.6. The van der Waals surface area contributed by atoms with Gasteiger partial charge in [0.2, 0.25) is 0 Å². The van der Waals surface area contributed by atoms with Crippen molar-refractivity contribution < 1.29 is 24.2 Å². The third kappa shape index (κ3) is 6.25. The Morgan fingerprint density at radius 3 is 2.07 bits per heavy atom. The molecule has 0 bridgehead atoms. The summed E-state index contributed by atoms with van der Waals surface area (Å²) in [5.74, 6) is 0.188. The molecule has 3 atom stereocenters. The molecule has 1 fully saturated rings. The molecule has 0 aliphatic carbocycles. The molecule has 1 aromatic heterocycles. The lowest BCUT2D eigenvalue weighted by Gasteiger charge is -2.36. The minimum atomic E-state index is -0.576. The van der Waals surface area contributed by atoms with Crippen molar-refractivity contribution in [3.05, 3.63) is 155 Å². The Balaban J connectivity index is 1.11. The Bertz CT molecular complexity index is 1810. The number of ether oxygens (including phenoxy) is 2. The summed E-state index contributed by atoms with van der Waals surface area (Å²) in [5.41, 5.74) is 6.47. The number of aliphatic hydroxyl groups excluding tert-OH is 1. The maximum atomic E-state index is 13.1. The highest BCUT2D eigenvalue weighted by Gasteiger charge is 2.36. The standard InChI is InChI=1S/C38H32N2O5S/c41-23-25-12-14-27(15-13-25)34-21-30(24-46-35-11-5-6-20-39-35)44-38(45-34)28-18-16-26(17-19-28)31-8-2-1-7-29(31)22-40-36(42)32-9-3-4-10-33(32)37(40)43/h1-20,30,34,38,41H,21-24H2. The fourth-order valence-electron chi connectivity index (χ4n) is 5.95. The van der Waals surface area contributed by atoms with Crippen LogP contribution in [0.25, 0.3) is 11.1 Å². The number of carbonyl (C=O) groups excluding carboxylic acids is 2. The molecule has 1 N–H and O–H groups in total. The molecule has 7 rings (SSSR count). The first-order valence-electron chi connectivity index (χ1n) is 15.3. The van der Waals surface area contributed by atoms with Crippen molar-refractivity contribution in [2.24, 2.45) is 0 Å². The van der Waals surface area contributed by atoms with Gasteiger partial charge in [0, 0.05) is 23.9 Å². The maximum Gasteiger partial charge on any atom is 0.261 e. The van der Waals surface area contributed by atoms with E-state index in [1.807, 2.05) is 91.0 Å². The van der Waals surface area contributed by atoms with Gasteiger partial charge in [-0.05, 0) is 52.1 Å². The van der Waals surface area contributed by atoms with E-state index in [-0.39, 0.29) is 37.2 Å². The Morgan fingerprint density at radius 2 is 1.39 bits per heavy atom. The van der Waals surface area contributed by atoms with Crippen LogP contribution in [0.1, 0.15) is 61.8 Å². The molecular weight excluding hydrogens is 596 g/mol. The second kappa shape index (κ2) is 13.4. The van der Waals surface area contributed by atoms with E-state index in [9.17, 15) is 14.7 Å². The molecule has 3 unspecified atom stereocenters. The minimum Gasteiger partial charge on any atom is -0.392 e. The lowest BCUT2D eigenvalue weighted by molar-refractivity contribution is -0.245. The van der Waals surface area contributed by atoms with Crippen LogP contribution in [-0.4, -0.2) is 38.7 Å². The topological polar surface area (TPSA) is 89.0 Å². The lowest BCUT2D eigenvalue weighted by atomic mass is 9.97. The summed E-state index contributed by atoms with van der Waals surface area (Å²) in [4.78, 5) is 31.9. The van der Waals surface area contributed by atoms with E-state index in [2.05, 4.69) is 4.98 Å². The molecule has 8 heteroatoms. The lowest BCUT2D eigenvalue weighted by Crippen LogP contribution is -2.31. The number of aromatic nitrogens is 1. The molecule has 0 saturated carbocycles. The summed E-state index contributed by atoms with van der Waals surface area (Å²) in [6.07, 6.45) is 1.65. The number of hydrogen-bond acceptors (Lipinski definition) is 7. The van der Waals surface area contributed by atoms with E-state index in [0.29, 0.717) is 17.5 Å². The van der Waals surface area contributed by atoms with Crippen LogP contribution in [0.2, 0.25) is 0 Å². The predicted molar refractivity (Wildman–Crippen MR) is 176 cm³/mol. The Morgan fingerprint density at radius 1 is 0.739 bits per heavy atom. The molecule has 0 spiro atoms. The minimum absolute atomic E-state index is 0.00530. The first kappa shape index (κ1) is 30.1. The average molecular weight is 629 g/mol. The largest absolute Gasteiger partial charge is 0.392 e. The van der Waals surface area contributed by atoms with Gasteiger partial charge in [-0.3, -0.25) is 14.5 Å². The number of imide groups is 1. The maximum absolute atomic E-state index is 13.1. The number of benzene rings is 4. The smallest absolute Gasteiger partial charge is 0.261 e. The summed E-state index contributed by atoms with van der Waals surface area (Å²) in [7, 11) is 0. The van der Waals surface area contributed by atoms with Crippen molar-refractivity contribution in [1.82, 2.24) is 9.88 Å². The number of pyridine rings is 1. The van der Waals surface area contributed by atoms with E-state index in [1.165, 1.54) is 4.90 Å². The van der Waals surface area contributed by atoms with E-state index in [0.717, 1.165) is 44.2 Å². The summed E-state index contributed by atoms with van der Waals surface area (Å²) < 4.78 is 13.0. The molecule has 5 aromatic rings. The van der Waals surface area contributed by atoms with Crippen LogP contribution in [-0.2, 0) is 22.6 Å². The number of nitrogens with zero attached hydrogens (tertiary/aromatic N) is 2. The second-order valence-corrected chi connectivity index (χ2v) is 12.4. The highest BCUT2D eigenvalue weighted by molar-refractivity contribution is 7.99. The van der Waals surface area contributed by atoms with Gasteiger partial charge in [0.1, 0.15) is 0 Å². The third-order valence-electron chi connectivity index (χ3n) is 8.39. The van der Waals surface area contributed by atoms with Crippen LogP contribution >= 0.6 is 11.8 Å². The normalized spacial score (nSPS) is 19.3. The summed E-state index contributed by atoms with van der Waals surface area (Å²) >= 11 is 1.66. The predicted octanol–water partition coefficient (Wildman–Crippen LogP) is 7.37. The average Bonchev–Trinajstić information content (AvgIpc) is 3.36. The van der Waals surface area contributed by atoms with E-state index in [4.69, 9.17) is 9.47 Å². The van der Waals surface area contributed by atoms with Gasteiger partial charge in [-0.2, -0.15) is 0 Å². The van der Waals surface area contributed by atoms with E-state index in [1.54, 1.807) is 42.2 Å². The van der Waals surface area contributed by atoms with Gasteiger partial charge in [0.25, 0.3) is 11.8 Å². The number of fused-ring (bicyclic) bond motifs is 1. The molecule has 1 saturated heterocycles. The highest BCUT2D eigenvalue weighted by Crippen LogP contribution is 2.40. The zero-order valence-corrected chi connectivity index (χ0v) is 25.8. The Hall–Kier alpha value is -4.60. The molecule has 0 radical (unpaired) electrons. The van der Waals surface area contributed by atoms with Gasteiger partial charge in [0.15, 0.2) is 6.29 Å². The van der Waals surface area contributed by atoms with Crippen LogP contribution < -0.4 is 0 Å². The van der Waals surface area contributed by atoms with Gasteiger partial charge in [-0.1, -0.05) is 91.0 Å². The molecule has 3 heterocycles. The highest BCUT2D eigenvalue weighted by atomic mass is 32.2. The van der Waals surface area contributed by atoms with Crippen molar-refractivity contribution in [2.75, 3.05) is 5.75 Å². The Labute approximate surface area is 271 Å². The molecular formula is C38H32N2O5S. The van der Waals surface area contributed by atoms with Gasteiger partial charge in [-0.25, -0.2) is 4.98 Å². The number of thioether (sulfide) groups is 1. The molecule has 2 aliphatic heterocycles. The number of hydrogen-bond donors (Lipinski definition) is 1. The monoisotopic (exact) mass is 628 g/mol. The van der Waals surface area contributed by atoms with Crippen LogP contribution in [0.5, 0.6) is 0 Å². The summed E-state index contributed by atoms with van der Waals surface area (Å²) in [6, 6.07) is 36.6. The summed E-state index contributed by atoms with van der Waals surface area (Å²) in [5, 5.41) is 10.5. The van der Waals surface area contributed by atoms with Gasteiger partial charge < -0.3 is 14.6 Å². The number of carbonyl (C=O) groups is 2. The molecule has 2 aliphatic rings. The van der Waals surface area contributed by atoms with Crippen LogP contribution in [0.3, 0.4) is 0 Å². The molecule has 4 aromatic carbocycles. The fourth-order valence-corrected chi connectivity index (χ4v) is 6.83. The van der Waals surface area contributed by atoms with Crippen molar-refractivity contribution >= 4 is 23.6 Å². The van der Waals surface area contributed by atoms with Crippen LogP contribution in [0.4, 0.5) is 0 Å². The van der Waals surface area contributed by atoms with Crippen molar-refractivity contribution in [2.45, 2.75) is 43.1 Å². The quantitative estimate of drug-likeness (QED) is 0.135. The van der Waals surface area contributed by atoms with Gasteiger partial charge in [0.05, 0.1) is 41.5 Å². The van der Waals surface area contributed by atoms with E-state index < -0.39 is 6.29 Å². The summed E-state index contributed by atoms with van der Waals surface area (Å²) in [6.45, 7) is 0.181. The molecule has 7 nitrogen and oxygen atoms in total. The number of rotatable bonds is 9.